The number of hydrogen-bond donors (Lipinski definition) is 8. The molecule has 0 spiro atoms. The average molecular weight is 1140 g/mol. The van der Waals surface area contributed by atoms with Crippen LogP contribution in [0.4, 0.5) is 17.2 Å². The van der Waals surface area contributed by atoms with Gasteiger partial charge in [0, 0.05) is 83.8 Å². The first-order valence-corrected chi connectivity index (χ1v) is 27.8. The molecule has 1 aliphatic carbocycles. The third-order valence-corrected chi connectivity index (χ3v) is 15.8. The summed E-state index contributed by atoms with van der Waals surface area (Å²) in [7, 11) is -9.52. The minimum Gasteiger partial charge on any atom is -0.478 e. The van der Waals surface area contributed by atoms with Crippen molar-refractivity contribution >= 4 is 63.5 Å². The summed E-state index contributed by atoms with van der Waals surface area (Å²) < 4.78 is 67.8. The summed E-state index contributed by atoms with van der Waals surface area (Å²) >= 11 is 0. The number of aliphatic hydroxyl groups is 1. The normalized spacial score (nSPS) is 17.5. The smallest absolute Gasteiger partial charge is 0.478 e. The van der Waals surface area contributed by atoms with E-state index in [9.17, 15) is 58.2 Å². The lowest BCUT2D eigenvalue weighted by molar-refractivity contribution is -0.386. The number of rotatable bonds is 19. The van der Waals surface area contributed by atoms with Gasteiger partial charge in [0.15, 0.2) is 0 Å². The molecule has 27 nitrogen and oxygen atoms in total. The largest absolute Gasteiger partial charge is 0.490 e. The minimum atomic E-state index is -5.83. The van der Waals surface area contributed by atoms with E-state index in [0.717, 1.165) is 15.6 Å². The van der Waals surface area contributed by atoms with Crippen LogP contribution in [0.15, 0.2) is 88.2 Å². The van der Waals surface area contributed by atoms with Gasteiger partial charge >= 0.3 is 35.1 Å². The van der Waals surface area contributed by atoms with Crippen LogP contribution in [0.1, 0.15) is 70.0 Å². The fourth-order valence-corrected chi connectivity index (χ4v) is 11.4. The van der Waals surface area contributed by atoms with Gasteiger partial charge < -0.3 is 59.6 Å². The van der Waals surface area contributed by atoms with E-state index in [1.54, 1.807) is 13.8 Å². The maximum Gasteiger partial charge on any atom is 0.490 e. The van der Waals surface area contributed by atoms with E-state index < -0.39 is 83.0 Å². The molecule has 0 bridgehead atoms. The molecule has 9 N–H and O–H groups in total. The molecule has 3 heterocycles. The van der Waals surface area contributed by atoms with Gasteiger partial charge in [-0.25, -0.2) is 27.9 Å². The lowest BCUT2D eigenvalue weighted by atomic mass is 9.89. The predicted octanol–water partition coefficient (Wildman–Crippen LogP) is 4.73. The molecule has 2 unspecified atom stereocenters. The molecular weight excluding hydrogens is 1090 g/mol. The van der Waals surface area contributed by atoms with Crippen molar-refractivity contribution in [1.82, 2.24) is 19.4 Å². The average Bonchev–Trinajstić information content (AvgIpc) is 3.82. The molecule has 3 aliphatic rings. The second-order valence-corrected chi connectivity index (χ2v) is 22.8. The van der Waals surface area contributed by atoms with Crippen molar-refractivity contribution in [3.8, 4) is 34.3 Å². The first-order valence-electron chi connectivity index (χ1n) is 23.2. The SMILES string of the molecule is CC(C)[C@@H](OCc1cn([C@H]2C[C@H](O)[C@@H](COP(=O)(O)OP(=O)(O)OP(=O)(O)O)O2)c(=O)nc1N)c1ccc(C#CCNC(=O)c2ccc(C(=O)O)c(-c3c4ccc(=[N+](C)C)cc-4oc4cc(N(C)C)ccc34)c2)cc1[N+](=O)[O-]. The van der Waals surface area contributed by atoms with Crippen molar-refractivity contribution in [3.63, 3.8) is 0 Å². The van der Waals surface area contributed by atoms with E-state index in [1.165, 1.54) is 42.6 Å². The molecule has 1 aromatic heterocycles. The Labute approximate surface area is 443 Å². The van der Waals surface area contributed by atoms with E-state index >= 15 is 0 Å². The number of nitro groups is 1. The second kappa shape index (κ2) is 23.5. The number of nitro benzene ring substituents is 1. The second-order valence-electron chi connectivity index (χ2n) is 18.3. The van der Waals surface area contributed by atoms with E-state index in [4.69, 9.17) is 29.4 Å². The summed E-state index contributed by atoms with van der Waals surface area (Å²) in [4.78, 5) is 93.7. The van der Waals surface area contributed by atoms with Gasteiger partial charge in [-0.15, -0.1) is 0 Å². The highest BCUT2D eigenvalue weighted by molar-refractivity contribution is 7.66. The molecule has 78 heavy (non-hydrogen) atoms. The topological polar surface area (TPSA) is 388 Å². The number of phosphoric ester groups is 1. The number of phosphoric acid groups is 3. The summed E-state index contributed by atoms with van der Waals surface area (Å²) in [5.41, 5.74) is 8.11. The molecular formula is C48H53N7O20P3+. The maximum atomic E-state index is 13.7. The van der Waals surface area contributed by atoms with E-state index in [1.807, 2.05) is 74.1 Å². The number of ether oxygens (including phenoxy) is 2. The Hall–Kier alpha value is -6.98. The molecule has 1 saturated heterocycles. The number of aromatic nitrogens is 2. The fourth-order valence-electron chi connectivity index (χ4n) is 8.35. The van der Waals surface area contributed by atoms with E-state index in [2.05, 4.69) is 35.3 Å². The number of benzene rings is 4. The number of nitrogen functional groups attached to an aromatic ring is 1. The predicted molar refractivity (Wildman–Crippen MR) is 279 cm³/mol. The van der Waals surface area contributed by atoms with Gasteiger partial charge in [0.2, 0.25) is 5.36 Å². The summed E-state index contributed by atoms with van der Waals surface area (Å²) in [5, 5.41) is 37.7. The molecule has 2 aliphatic heterocycles. The summed E-state index contributed by atoms with van der Waals surface area (Å²) in [6, 6.07) is 19.6. The zero-order valence-electron chi connectivity index (χ0n) is 42.3. The van der Waals surface area contributed by atoms with Gasteiger partial charge in [0.25, 0.3) is 11.6 Å². The molecule has 3 aromatic carbocycles. The monoisotopic (exact) mass is 1140 g/mol. The van der Waals surface area contributed by atoms with Crippen molar-refractivity contribution in [1.29, 1.82) is 0 Å². The molecule has 0 saturated carbocycles. The number of nitrogens with two attached hydrogens (primary N) is 1. The van der Waals surface area contributed by atoms with Crippen molar-refractivity contribution < 1.29 is 85.0 Å². The lowest BCUT2D eigenvalue weighted by Gasteiger charge is -2.23. The number of anilines is 2. The molecule has 30 heteroatoms. The quantitative estimate of drug-likeness (QED) is 0.0136. The number of carboxylic acids is 1. The van der Waals surface area contributed by atoms with Crippen LogP contribution in [0.25, 0.3) is 33.4 Å². The zero-order chi connectivity index (χ0) is 57.2. The highest BCUT2D eigenvalue weighted by Gasteiger charge is 2.43. The number of aliphatic hydroxyl groups excluding tert-OH is 1. The van der Waals surface area contributed by atoms with Crippen molar-refractivity contribution in [2.24, 2.45) is 5.92 Å². The first-order chi connectivity index (χ1) is 36.5. The Kier molecular flexibility index (Phi) is 17.7. The third-order valence-electron chi connectivity index (χ3n) is 12.0. The van der Waals surface area contributed by atoms with Gasteiger partial charge in [0.05, 0.1) is 54.1 Å². The lowest BCUT2D eigenvalue weighted by Crippen LogP contribution is -2.29. The van der Waals surface area contributed by atoms with Gasteiger partial charge in [-0.1, -0.05) is 25.7 Å². The Morgan fingerprint density at radius 2 is 1.72 bits per heavy atom. The number of hydrogen-bond acceptors (Lipinski definition) is 18. The van der Waals surface area contributed by atoms with Crippen LogP contribution in [0.5, 0.6) is 0 Å². The number of fused-ring (bicyclic) bond motifs is 2. The van der Waals surface area contributed by atoms with Crippen LogP contribution < -0.4 is 31.6 Å². The van der Waals surface area contributed by atoms with Gasteiger partial charge in [-0.3, -0.25) is 24.0 Å². The molecule has 0 radical (unpaired) electrons. The Morgan fingerprint density at radius 1 is 0.987 bits per heavy atom. The number of aromatic carboxylic acids is 1. The van der Waals surface area contributed by atoms with E-state index in [-0.39, 0.29) is 64.5 Å². The Bertz CT molecular complexity index is 3660. The van der Waals surface area contributed by atoms with Gasteiger partial charge in [-0.2, -0.15) is 13.6 Å². The first kappa shape index (κ1) is 58.7. The number of carbonyl (C=O) groups excluding carboxylic acids is 1. The molecule has 7 rings (SSSR count). The summed E-state index contributed by atoms with van der Waals surface area (Å²) in [6.07, 6.45) is -4.36. The zero-order valence-corrected chi connectivity index (χ0v) is 45.0. The highest BCUT2D eigenvalue weighted by Crippen LogP contribution is 2.66. The van der Waals surface area contributed by atoms with E-state index in [0.29, 0.717) is 27.9 Å². The van der Waals surface area contributed by atoms with Gasteiger partial charge in [-0.05, 0) is 60.0 Å². The Morgan fingerprint density at radius 3 is 2.37 bits per heavy atom. The summed E-state index contributed by atoms with van der Waals surface area (Å²) in [6.45, 7) is 1.91. The molecule has 6 atom stereocenters. The molecule has 1 amide bonds. The Balaban J connectivity index is 1.05. The fraction of sp³-hybridized carbons (Fsp3) is 0.312. The number of nitrogens with zero attached hydrogens (tertiary/aromatic N) is 5. The van der Waals surface area contributed by atoms with Gasteiger partial charge in [0.1, 0.15) is 43.6 Å². The van der Waals surface area contributed by atoms with Crippen LogP contribution in [0.3, 0.4) is 0 Å². The number of amides is 1. The van der Waals surface area contributed by atoms with Crippen molar-refractivity contribution in [3.05, 3.63) is 133 Å². The van der Waals surface area contributed by atoms with Crippen LogP contribution in [0.2, 0.25) is 0 Å². The maximum absolute atomic E-state index is 13.7. The summed E-state index contributed by atoms with van der Waals surface area (Å²) in [5.74, 6) is 3.66. The third kappa shape index (κ3) is 14.0. The van der Waals surface area contributed by atoms with Crippen molar-refractivity contribution in [2.45, 2.75) is 51.4 Å². The molecule has 414 valence electrons. The molecule has 4 aromatic rings. The van der Waals surface area contributed by atoms with Crippen LogP contribution in [-0.4, -0.2) is 110 Å². The highest BCUT2D eigenvalue weighted by atomic mass is 31.3. The standard InChI is InChI=1S/C48H52N7O20P3/c1-26(2)44(70-24-29-23-54(48(60)51-45(29)49)42-22-38(56)41(73-42)25-71-77(66,67)75-78(68,69)74-76(63,64)65)33-13-9-27(18-37(33)55(61)62)8-7-17-50-46(57)28-10-14-32(47(58)59)36(19-28)43-34-15-11-30(52(3)4)20-39(34)72-40-21-31(53(5)6)12-16-35(40)43/h9-16,18-21,23,26,38,41-42,44,56H,17,22,24-25H2,1-6H3,(H7-,49,50,51,57,58,59,60,63,64,65,66,67,68,69)/p+1/t38-,41+,42+,44+/m0/s1. The minimum absolute atomic E-state index is 0.0491. The van der Waals surface area contributed by atoms with Crippen LogP contribution in [-0.2, 0) is 42.9 Å². The van der Waals surface area contributed by atoms with Crippen LogP contribution >= 0.6 is 23.5 Å². The molecule has 1 fully saturated rings. The van der Waals surface area contributed by atoms with Crippen LogP contribution in [0, 0.1) is 27.9 Å². The van der Waals surface area contributed by atoms with Crippen molar-refractivity contribution in [2.75, 3.05) is 52.0 Å². The number of nitrogens with one attached hydrogen (secondary N) is 1. The number of carboxylic acid groups (broad SMARTS) is 1. The number of carbonyl (C=O) groups is 2.